The van der Waals surface area contributed by atoms with Crippen molar-refractivity contribution in [2.75, 3.05) is 6.61 Å². The van der Waals surface area contributed by atoms with Crippen molar-refractivity contribution in [3.63, 3.8) is 0 Å². The molecule has 6 rings (SSSR count). The van der Waals surface area contributed by atoms with Crippen molar-refractivity contribution in [1.29, 1.82) is 0 Å². The second-order valence-corrected chi connectivity index (χ2v) is 11.0. The van der Waals surface area contributed by atoms with Gasteiger partial charge in [0.2, 0.25) is 0 Å². The largest absolute Gasteiger partial charge is 0.508 e. The van der Waals surface area contributed by atoms with Crippen molar-refractivity contribution >= 4 is 21.8 Å². The molecule has 0 saturated carbocycles. The van der Waals surface area contributed by atoms with Gasteiger partial charge in [-0.1, -0.05) is 71.0 Å². The molecule has 2 saturated heterocycles. The van der Waals surface area contributed by atoms with Crippen molar-refractivity contribution in [3.8, 4) is 11.4 Å². The molecule has 2 unspecified atom stereocenters. The number of phenolic OH excluding ortho intramolecular Hbond substituents is 1. The van der Waals surface area contributed by atoms with E-state index in [1.54, 1.807) is 12.1 Å². The SMILES string of the molecule is CC(C)(C)C12OOC1(c1cc(O)cc(-n3c4ccccc4c4ccccc43)c1)OCC2(C)C. The third-order valence-corrected chi connectivity index (χ3v) is 7.51. The van der Waals surface area contributed by atoms with Crippen LogP contribution in [-0.2, 0) is 20.3 Å². The van der Waals surface area contributed by atoms with Gasteiger partial charge in [0.1, 0.15) is 5.75 Å². The number of rotatable bonds is 2. The Morgan fingerprint density at radius 3 is 2.00 bits per heavy atom. The van der Waals surface area contributed by atoms with Crippen molar-refractivity contribution in [2.45, 2.75) is 46.0 Å². The Hall–Kier alpha value is -2.86. The van der Waals surface area contributed by atoms with Crippen LogP contribution >= 0.6 is 0 Å². The van der Waals surface area contributed by atoms with Gasteiger partial charge in [0.25, 0.3) is 5.79 Å². The summed E-state index contributed by atoms with van der Waals surface area (Å²) in [5.41, 5.74) is 2.49. The Balaban J connectivity index is 1.62. The number of aromatic hydroxyl groups is 1. The zero-order chi connectivity index (χ0) is 23.2. The van der Waals surface area contributed by atoms with E-state index in [0.717, 1.165) is 22.3 Å². The van der Waals surface area contributed by atoms with Crippen LogP contribution in [0.25, 0.3) is 27.5 Å². The van der Waals surface area contributed by atoms with Crippen molar-refractivity contribution in [3.05, 3.63) is 72.3 Å². The van der Waals surface area contributed by atoms with Crippen LogP contribution in [0.4, 0.5) is 0 Å². The average Bonchev–Trinajstić information content (AvgIpc) is 3.14. The van der Waals surface area contributed by atoms with Gasteiger partial charge >= 0.3 is 0 Å². The third-order valence-electron chi connectivity index (χ3n) is 7.51. The van der Waals surface area contributed by atoms with E-state index in [0.29, 0.717) is 6.61 Å². The lowest BCUT2D eigenvalue weighted by Gasteiger charge is -2.61. The van der Waals surface area contributed by atoms with Crippen molar-refractivity contribution in [1.82, 2.24) is 4.57 Å². The molecule has 3 heterocycles. The second kappa shape index (κ2) is 6.38. The maximum absolute atomic E-state index is 10.9. The molecule has 3 aromatic carbocycles. The topological polar surface area (TPSA) is 52.8 Å². The number of para-hydroxylation sites is 2. The van der Waals surface area contributed by atoms with Gasteiger partial charge in [-0.3, -0.25) is 0 Å². The molecule has 0 aliphatic carbocycles. The van der Waals surface area contributed by atoms with Gasteiger partial charge in [-0.05, 0) is 24.3 Å². The summed E-state index contributed by atoms with van der Waals surface area (Å²) in [5, 5.41) is 13.2. The Bertz CT molecular complexity index is 1360. The van der Waals surface area contributed by atoms with Crippen LogP contribution in [-0.4, -0.2) is 21.9 Å². The number of phenols is 1. The molecule has 170 valence electrons. The van der Waals surface area contributed by atoms with Crippen LogP contribution in [0.2, 0.25) is 0 Å². The molecule has 2 aliphatic heterocycles. The molecule has 1 aromatic heterocycles. The van der Waals surface area contributed by atoms with Crippen LogP contribution < -0.4 is 0 Å². The summed E-state index contributed by atoms with van der Waals surface area (Å²) in [4.78, 5) is 11.8. The first-order valence-electron chi connectivity index (χ1n) is 11.5. The highest BCUT2D eigenvalue weighted by Crippen LogP contribution is 2.69. The van der Waals surface area contributed by atoms with Crippen LogP contribution in [0.5, 0.6) is 5.75 Å². The standard InChI is InChI=1S/C28H29NO4/c1-25(2,3)28-26(4,5)17-31-27(28,32-33-28)18-14-19(16-20(30)15-18)29-23-12-8-6-10-21(23)22-11-7-9-13-24(22)29/h6-16,30H,17H2,1-5H3. The molecule has 4 aromatic rings. The molecule has 2 aliphatic rings. The lowest BCUT2D eigenvalue weighted by molar-refractivity contribution is -0.626. The minimum atomic E-state index is -1.10. The third kappa shape index (κ3) is 2.42. The first kappa shape index (κ1) is 20.7. The van der Waals surface area contributed by atoms with E-state index in [9.17, 15) is 5.11 Å². The first-order valence-corrected chi connectivity index (χ1v) is 11.5. The van der Waals surface area contributed by atoms with E-state index < -0.39 is 11.4 Å². The van der Waals surface area contributed by atoms with Gasteiger partial charge in [-0.25, -0.2) is 4.89 Å². The first-order chi connectivity index (χ1) is 15.6. The number of hydrogen-bond donors (Lipinski definition) is 1. The predicted octanol–water partition coefficient (Wildman–Crippen LogP) is 6.45. The van der Waals surface area contributed by atoms with Crippen LogP contribution in [0.1, 0.15) is 40.2 Å². The summed E-state index contributed by atoms with van der Waals surface area (Å²) in [6.45, 7) is 11.2. The summed E-state index contributed by atoms with van der Waals surface area (Å²) in [5.74, 6) is -0.938. The molecular formula is C28H29NO4. The Morgan fingerprint density at radius 1 is 0.848 bits per heavy atom. The molecule has 2 atom stereocenters. The monoisotopic (exact) mass is 443 g/mol. The lowest BCUT2D eigenvalue weighted by Crippen LogP contribution is -2.73. The quantitative estimate of drug-likeness (QED) is 0.362. The zero-order valence-electron chi connectivity index (χ0n) is 19.7. The number of fused-ring (bicyclic) bond motifs is 4. The molecule has 1 N–H and O–H groups in total. The van der Waals surface area contributed by atoms with E-state index in [2.05, 4.69) is 81.7 Å². The fourth-order valence-corrected chi connectivity index (χ4v) is 6.35. The van der Waals surface area contributed by atoms with Gasteiger partial charge in [-0.15, -0.1) is 0 Å². The molecule has 2 fully saturated rings. The zero-order valence-corrected chi connectivity index (χ0v) is 19.7. The number of benzene rings is 3. The second-order valence-electron chi connectivity index (χ2n) is 11.0. The summed E-state index contributed by atoms with van der Waals surface area (Å²) >= 11 is 0. The van der Waals surface area contributed by atoms with Crippen LogP contribution in [0.15, 0.2) is 66.7 Å². The van der Waals surface area contributed by atoms with Crippen LogP contribution in [0, 0.1) is 10.8 Å². The number of nitrogens with zero attached hydrogens (tertiary/aromatic N) is 1. The van der Waals surface area contributed by atoms with Gasteiger partial charge in [-0.2, -0.15) is 4.89 Å². The van der Waals surface area contributed by atoms with E-state index in [-0.39, 0.29) is 16.6 Å². The van der Waals surface area contributed by atoms with E-state index >= 15 is 0 Å². The molecule has 0 bridgehead atoms. The minimum absolute atomic E-state index is 0.158. The Kier molecular flexibility index (Phi) is 4.01. The number of hydrogen-bond acceptors (Lipinski definition) is 4. The Labute approximate surface area is 193 Å². The number of ether oxygens (including phenoxy) is 1. The van der Waals surface area contributed by atoms with E-state index in [4.69, 9.17) is 14.5 Å². The smallest absolute Gasteiger partial charge is 0.261 e. The molecule has 0 radical (unpaired) electrons. The molecule has 5 nitrogen and oxygen atoms in total. The van der Waals surface area contributed by atoms with Crippen molar-refractivity contribution in [2.24, 2.45) is 10.8 Å². The maximum Gasteiger partial charge on any atom is 0.261 e. The van der Waals surface area contributed by atoms with E-state index in [1.807, 2.05) is 12.1 Å². The van der Waals surface area contributed by atoms with Gasteiger partial charge < -0.3 is 14.4 Å². The molecule has 5 heteroatoms. The molecule has 0 spiro atoms. The lowest BCUT2D eigenvalue weighted by atomic mass is 9.57. The van der Waals surface area contributed by atoms with E-state index in [1.165, 1.54) is 10.8 Å². The summed E-state index contributed by atoms with van der Waals surface area (Å²) in [7, 11) is 0. The van der Waals surface area contributed by atoms with Gasteiger partial charge in [0, 0.05) is 33.2 Å². The van der Waals surface area contributed by atoms with Gasteiger partial charge in [0.05, 0.1) is 23.3 Å². The average molecular weight is 444 g/mol. The predicted molar refractivity (Wildman–Crippen MR) is 128 cm³/mol. The summed E-state index contributed by atoms with van der Waals surface area (Å²) < 4.78 is 8.59. The fraction of sp³-hybridized carbons (Fsp3) is 0.357. The van der Waals surface area contributed by atoms with Gasteiger partial charge in [0.15, 0.2) is 5.60 Å². The normalized spacial score (nSPS) is 26.5. The van der Waals surface area contributed by atoms with Crippen molar-refractivity contribution < 1.29 is 19.6 Å². The summed E-state index contributed by atoms with van der Waals surface area (Å²) in [6, 6.07) is 22.2. The Morgan fingerprint density at radius 2 is 1.45 bits per heavy atom. The molecule has 33 heavy (non-hydrogen) atoms. The summed E-state index contributed by atoms with van der Waals surface area (Å²) in [6.07, 6.45) is 0. The maximum atomic E-state index is 10.9. The van der Waals surface area contributed by atoms with Crippen LogP contribution in [0.3, 0.4) is 0 Å². The number of aromatic nitrogens is 1. The minimum Gasteiger partial charge on any atom is -0.508 e. The highest BCUT2D eigenvalue weighted by atomic mass is 17.3. The fourth-order valence-electron chi connectivity index (χ4n) is 6.35. The highest BCUT2D eigenvalue weighted by Gasteiger charge is 2.81. The molecule has 0 amide bonds. The molecular weight excluding hydrogens is 414 g/mol. The highest BCUT2D eigenvalue weighted by molar-refractivity contribution is 6.09.